The minimum atomic E-state index is 0.0928. The number of carbonyl (C=O) groups is 1. The number of amides is 1. The van der Waals surface area contributed by atoms with Crippen molar-refractivity contribution in [3.63, 3.8) is 0 Å². The third kappa shape index (κ3) is 7.18. The molecule has 0 atom stereocenters. The number of nitrogens with one attached hydrogen (secondary N) is 3. The predicted molar refractivity (Wildman–Crippen MR) is 135 cm³/mol. The molecule has 2 aromatic carbocycles. The summed E-state index contributed by atoms with van der Waals surface area (Å²) in [5.41, 5.74) is 3.02. The van der Waals surface area contributed by atoms with Gasteiger partial charge in [-0.3, -0.25) is 9.69 Å². The SMILES string of the molecule is CCN1CCC(=O)NCCCCOc2cccc(c2)Nc2cc(ncn2)Nc2cccc(c2)C1. The third-order valence-electron chi connectivity index (χ3n) is 5.64. The molecule has 0 unspecified atom stereocenters. The average Bonchev–Trinajstić information content (AvgIpc) is 2.84. The molecule has 3 N–H and O–H groups in total. The number of rotatable bonds is 1. The Hall–Kier alpha value is -3.65. The molecular formula is C26H32N6O2. The van der Waals surface area contributed by atoms with Gasteiger partial charge in [-0.05, 0) is 49.2 Å². The van der Waals surface area contributed by atoms with Crippen molar-refractivity contribution in [3.05, 3.63) is 66.5 Å². The lowest BCUT2D eigenvalue weighted by Crippen LogP contribution is -2.31. The van der Waals surface area contributed by atoms with Crippen LogP contribution in [0.2, 0.25) is 0 Å². The molecule has 0 saturated carbocycles. The Labute approximate surface area is 200 Å². The molecule has 3 aromatic rings. The first-order chi connectivity index (χ1) is 16.7. The van der Waals surface area contributed by atoms with Gasteiger partial charge in [0.15, 0.2) is 0 Å². The fraction of sp³-hybridized carbons (Fsp3) is 0.346. The van der Waals surface area contributed by atoms with Gasteiger partial charge in [-0.15, -0.1) is 0 Å². The normalized spacial score (nSPS) is 16.0. The summed E-state index contributed by atoms with van der Waals surface area (Å²) < 4.78 is 5.89. The molecule has 0 saturated heterocycles. The minimum absolute atomic E-state index is 0.0928. The second kappa shape index (κ2) is 12.0. The molecule has 1 amide bonds. The van der Waals surface area contributed by atoms with E-state index < -0.39 is 0 Å². The van der Waals surface area contributed by atoms with E-state index in [1.165, 1.54) is 11.9 Å². The highest BCUT2D eigenvalue weighted by Gasteiger charge is 2.09. The van der Waals surface area contributed by atoms with Gasteiger partial charge < -0.3 is 20.7 Å². The molecule has 178 valence electrons. The van der Waals surface area contributed by atoms with Crippen molar-refractivity contribution >= 4 is 28.9 Å². The number of nitrogens with zero attached hydrogens (tertiary/aromatic N) is 3. The Bertz CT molecular complexity index is 1090. The Morgan fingerprint density at radius 1 is 0.971 bits per heavy atom. The second-order valence-corrected chi connectivity index (χ2v) is 8.29. The summed E-state index contributed by atoms with van der Waals surface area (Å²) in [5, 5.41) is 9.72. The zero-order valence-electron chi connectivity index (χ0n) is 19.6. The lowest BCUT2D eigenvalue weighted by atomic mass is 10.1. The maximum atomic E-state index is 12.3. The number of hydrogen-bond acceptors (Lipinski definition) is 7. The van der Waals surface area contributed by atoms with E-state index in [2.05, 4.69) is 49.9 Å². The molecule has 0 fully saturated rings. The Balaban J connectivity index is 1.53. The lowest BCUT2D eigenvalue weighted by Gasteiger charge is -2.20. The molecule has 2 heterocycles. The molecule has 34 heavy (non-hydrogen) atoms. The van der Waals surface area contributed by atoms with Crippen LogP contribution in [-0.4, -0.2) is 47.0 Å². The van der Waals surface area contributed by atoms with Crippen LogP contribution < -0.4 is 20.7 Å². The van der Waals surface area contributed by atoms with Gasteiger partial charge in [0, 0.05) is 49.6 Å². The van der Waals surface area contributed by atoms with Crippen molar-refractivity contribution in [2.45, 2.75) is 32.7 Å². The van der Waals surface area contributed by atoms with E-state index >= 15 is 0 Å². The molecule has 8 nitrogen and oxygen atoms in total. The van der Waals surface area contributed by atoms with Gasteiger partial charge >= 0.3 is 0 Å². The summed E-state index contributed by atoms with van der Waals surface area (Å²) in [6, 6.07) is 17.9. The summed E-state index contributed by atoms with van der Waals surface area (Å²) in [7, 11) is 0. The van der Waals surface area contributed by atoms with Crippen LogP contribution in [0.25, 0.3) is 0 Å². The zero-order valence-corrected chi connectivity index (χ0v) is 19.6. The van der Waals surface area contributed by atoms with Crippen LogP contribution in [-0.2, 0) is 11.3 Å². The molecule has 0 spiro atoms. The fourth-order valence-electron chi connectivity index (χ4n) is 3.80. The standard InChI is InChI=1S/C26H32N6O2/c1-2-32-13-11-26(33)27-12-3-4-14-34-23-10-6-9-22(16-23)31-25-17-24(28-19-29-25)30-21-8-5-7-20(15-21)18-32/h5-10,15-17,19H,2-4,11-14,18H2,1H3,(H,27,33)(H2,28,29,30,31). The molecule has 0 radical (unpaired) electrons. The smallest absolute Gasteiger partial charge is 0.221 e. The van der Waals surface area contributed by atoms with Crippen molar-refractivity contribution in [3.8, 4) is 5.75 Å². The number of benzene rings is 2. The van der Waals surface area contributed by atoms with E-state index in [4.69, 9.17) is 4.74 Å². The summed E-state index contributed by atoms with van der Waals surface area (Å²) in [6.07, 6.45) is 3.78. The van der Waals surface area contributed by atoms with Gasteiger partial charge in [-0.25, -0.2) is 9.97 Å². The highest BCUT2D eigenvalue weighted by molar-refractivity contribution is 5.76. The summed E-state index contributed by atoms with van der Waals surface area (Å²) in [5.74, 6) is 2.28. The molecule has 4 rings (SSSR count). The first-order valence-corrected chi connectivity index (χ1v) is 11.8. The van der Waals surface area contributed by atoms with E-state index in [1.807, 2.05) is 42.5 Å². The molecule has 1 aromatic heterocycles. The van der Waals surface area contributed by atoms with Crippen molar-refractivity contribution in [2.24, 2.45) is 0 Å². The second-order valence-electron chi connectivity index (χ2n) is 8.29. The van der Waals surface area contributed by atoms with Gasteiger partial charge in [0.1, 0.15) is 23.7 Å². The van der Waals surface area contributed by atoms with Gasteiger partial charge in [0.2, 0.25) is 5.91 Å². The highest BCUT2D eigenvalue weighted by atomic mass is 16.5. The lowest BCUT2D eigenvalue weighted by molar-refractivity contribution is -0.121. The monoisotopic (exact) mass is 460 g/mol. The van der Waals surface area contributed by atoms with E-state index in [9.17, 15) is 4.79 Å². The van der Waals surface area contributed by atoms with Crippen molar-refractivity contribution in [1.82, 2.24) is 20.2 Å². The molecule has 1 aliphatic heterocycles. The number of aromatic nitrogens is 2. The van der Waals surface area contributed by atoms with Crippen LogP contribution in [0.1, 0.15) is 31.7 Å². The van der Waals surface area contributed by atoms with Crippen LogP contribution in [0.4, 0.5) is 23.0 Å². The van der Waals surface area contributed by atoms with Gasteiger partial charge in [-0.1, -0.05) is 25.1 Å². The number of carbonyl (C=O) groups excluding carboxylic acids is 1. The van der Waals surface area contributed by atoms with Crippen LogP contribution in [0.15, 0.2) is 60.9 Å². The van der Waals surface area contributed by atoms with Crippen LogP contribution >= 0.6 is 0 Å². The first kappa shape index (κ1) is 23.5. The quantitative estimate of drug-likeness (QED) is 0.494. The number of fused-ring (bicyclic) bond motifs is 6. The highest BCUT2D eigenvalue weighted by Crippen LogP contribution is 2.23. The van der Waals surface area contributed by atoms with Crippen LogP contribution in [0.5, 0.6) is 5.75 Å². The summed E-state index contributed by atoms with van der Waals surface area (Å²) >= 11 is 0. The predicted octanol–water partition coefficient (Wildman–Crippen LogP) is 4.46. The Morgan fingerprint density at radius 2 is 1.74 bits per heavy atom. The van der Waals surface area contributed by atoms with E-state index in [0.29, 0.717) is 31.2 Å². The number of anilines is 4. The molecule has 8 heteroatoms. The summed E-state index contributed by atoms with van der Waals surface area (Å²) in [4.78, 5) is 23.3. The topological polar surface area (TPSA) is 91.4 Å². The minimum Gasteiger partial charge on any atom is -0.494 e. The van der Waals surface area contributed by atoms with Crippen molar-refractivity contribution in [1.29, 1.82) is 0 Å². The average molecular weight is 461 g/mol. The van der Waals surface area contributed by atoms with Crippen molar-refractivity contribution < 1.29 is 9.53 Å². The summed E-state index contributed by atoms with van der Waals surface area (Å²) in [6.45, 7) is 5.77. The molecular weight excluding hydrogens is 428 g/mol. The van der Waals surface area contributed by atoms with Crippen LogP contribution in [0.3, 0.4) is 0 Å². The van der Waals surface area contributed by atoms with E-state index in [-0.39, 0.29) is 5.91 Å². The first-order valence-electron chi connectivity index (χ1n) is 11.8. The van der Waals surface area contributed by atoms with Crippen molar-refractivity contribution in [2.75, 3.05) is 36.9 Å². The molecule has 6 bridgehead atoms. The van der Waals surface area contributed by atoms with E-state index in [0.717, 1.165) is 49.6 Å². The molecule has 0 aliphatic carbocycles. The number of hydrogen-bond donors (Lipinski definition) is 3. The van der Waals surface area contributed by atoms with Crippen LogP contribution in [0, 0.1) is 0 Å². The zero-order chi connectivity index (χ0) is 23.6. The third-order valence-corrected chi connectivity index (χ3v) is 5.64. The van der Waals surface area contributed by atoms with Gasteiger partial charge in [0.05, 0.1) is 6.61 Å². The maximum absolute atomic E-state index is 12.3. The number of ether oxygens (including phenoxy) is 1. The Kier molecular flexibility index (Phi) is 8.29. The van der Waals surface area contributed by atoms with E-state index in [1.54, 1.807) is 0 Å². The van der Waals surface area contributed by atoms with Gasteiger partial charge in [-0.2, -0.15) is 0 Å². The van der Waals surface area contributed by atoms with Gasteiger partial charge in [0.25, 0.3) is 0 Å². The Morgan fingerprint density at radius 3 is 2.53 bits per heavy atom. The fourth-order valence-corrected chi connectivity index (χ4v) is 3.80. The largest absolute Gasteiger partial charge is 0.494 e. The molecule has 1 aliphatic rings. The maximum Gasteiger partial charge on any atom is 0.221 e.